The van der Waals surface area contributed by atoms with E-state index in [-0.39, 0.29) is 0 Å². The van der Waals surface area contributed by atoms with Crippen LogP contribution >= 0.6 is 0 Å². The van der Waals surface area contributed by atoms with Crippen molar-refractivity contribution in [3.05, 3.63) is 18.3 Å². The van der Waals surface area contributed by atoms with E-state index in [1.54, 1.807) is 16.4 Å². The molecule has 0 saturated carbocycles. The standard InChI is InChI=1S/C12H19N3O2S/c1-2-13-12-10-11(6-7-14-12)18(16,17)15-8-4-3-5-9-15/h6-7,10H,2-5,8-9H2,1H3,(H,13,14). The van der Waals surface area contributed by atoms with Gasteiger partial charge >= 0.3 is 0 Å². The molecule has 2 rings (SSSR count). The molecule has 18 heavy (non-hydrogen) atoms. The van der Waals surface area contributed by atoms with E-state index in [1.165, 1.54) is 6.20 Å². The Morgan fingerprint density at radius 3 is 2.72 bits per heavy atom. The zero-order chi connectivity index (χ0) is 13.0. The van der Waals surface area contributed by atoms with E-state index >= 15 is 0 Å². The largest absolute Gasteiger partial charge is 0.370 e. The van der Waals surface area contributed by atoms with Gasteiger partial charge < -0.3 is 5.32 Å². The Labute approximate surface area is 108 Å². The van der Waals surface area contributed by atoms with E-state index < -0.39 is 10.0 Å². The first kappa shape index (κ1) is 13.3. The highest BCUT2D eigenvalue weighted by Crippen LogP contribution is 2.21. The summed E-state index contributed by atoms with van der Waals surface area (Å²) in [7, 11) is -3.35. The maximum atomic E-state index is 12.4. The number of nitrogens with one attached hydrogen (secondary N) is 1. The molecule has 2 heterocycles. The van der Waals surface area contributed by atoms with Crippen LogP contribution < -0.4 is 5.32 Å². The highest BCUT2D eigenvalue weighted by Gasteiger charge is 2.26. The second-order valence-corrected chi connectivity index (χ2v) is 6.31. The Morgan fingerprint density at radius 2 is 2.06 bits per heavy atom. The van der Waals surface area contributed by atoms with Crippen LogP contribution in [0.15, 0.2) is 23.2 Å². The summed E-state index contributed by atoms with van der Waals surface area (Å²) in [6, 6.07) is 3.16. The maximum Gasteiger partial charge on any atom is 0.243 e. The molecule has 0 bridgehead atoms. The van der Waals surface area contributed by atoms with Crippen LogP contribution in [0.25, 0.3) is 0 Å². The molecule has 1 aliphatic heterocycles. The maximum absolute atomic E-state index is 12.4. The van der Waals surface area contributed by atoms with Crippen molar-refractivity contribution in [1.29, 1.82) is 0 Å². The van der Waals surface area contributed by atoms with Crippen LogP contribution in [-0.2, 0) is 10.0 Å². The summed E-state index contributed by atoms with van der Waals surface area (Å²) in [5, 5.41) is 3.03. The van der Waals surface area contributed by atoms with Gasteiger partial charge in [-0.15, -0.1) is 0 Å². The van der Waals surface area contributed by atoms with Crippen molar-refractivity contribution in [2.45, 2.75) is 31.1 Å². The van der Waals surface area contributed by atoms with Crippen molar-refractivity contribution in [3.8, 4) is 0 Å². The third-order valence-electron chi connectivity index (χ3n) is 3.04. The number of aromatic nitrogens is 1. The first-order valence-corrected chi connectivity index (χ1v) is 7.78. The molecule has 1 aromatic heterocycles. The van der Waals surface area contributed by atoms with Gasteiger partial charge in [-0.3, -0.25) is 0 Å². The van der Waals surface area contributed by atoms with Crippen LogP contribution in [0.4, 0.5) is 5.82 Å². The fourth-order valence-electron chi connectivity index (χ4n) is 2.10. The molecule has 100 valence electrons. The molecular weight excluding hydrogens is 250 g/mol. The normalized spacial score (nSPS) is 17.6. The summed E-state index contributed by atoms with van der Waals surface area (Å²) in [6.07, 6.45) is 4.55. The van der Waals surface area contributed by atoms with Crippen LogP contribution in [0.3, 0.4) is 0 Å². The fraction of sp³-hybridized carbons (Fsp3) is 0.583. The lowest BCUT2D eigenvalue weighted by Gasteiger charge is -2.25. The highest BCUT2D eigenvalue weighted by molar-refractivity contribution is 7.89. The number of hydrogen-bond donors (Lipinski definition) is 1. The van der Waals surface area contributed by atoms with Crippen molar-refractivity contribution in [1.82, 2.24) is 9.29 Å². The molecule has 0 spiro atoms. The molecule has 0 aromatic carbocycles. The Bertz CT molecular complexity index is 496. The predicted molar refractivity (Wildman–Crippen MR) is 71.0 cm³/mol. The van der Waals surface area contributed by atoms with Crippen LogP contribution in [0, 0.1) is 0 Å². The number of rotatable bonds is 4. The van der Waals surface area contributed by atoms with Crippen molar-refractivity contribution >= 4 is 15.8 Å². The van der Waals surface area contributed by atoms with E-state index in [0.717, 1.165) is 25.8 Å². The Kier molecular flexibility index (Phi) is 4.19. The first-order chi connectivity index (χ1) is 8.64. The van der Waals surface area contributed by atoms with Crippen LogP contribution in [0.2, 0.25) is 0 Å². The summed E-state index contributed by atoms with van der Waals surface area (Å²) in [5.41, 5.74) is 0. The molecule has 1 aliphatic rings. The van der Waals surface area contributed by atoms with Gasteiger partial charge in [0.05, 0.1) is 4.90 Å². The second-order valence-electron chi connectivity index (χ2n) is 4.37. The van der Waals surface area contributed by atoms with Crippen molar-refractivity contribution in [2.24, 2.45) is 0 Å². The van der Waals surface area contributed by atoms with Crippen molar-refractivity contribution in [2.75, 3.05) is 25.0 Å². The van der Waals surface area contributed by atoms with E-state index in [0.29, 0.717) is 23.8 Å². The molecule has 6 heteroatoms. The molecule has 5 nitrogen and oxygen atoms in total. The van der Waals surface area contributed by atoms with Gasteiger partial charge in [0.1, 0.15) is 5.82 Å². The Balaban J connectivity index is 2.25. The predicted octanol–water partition coefficient (Wildman–Crippen LogP) is 1.69. The summed E-state index contributed by atoms with van der Waals surface area (Å²) in [6.45, 7) is 3.93. The summed E-state index contributed by atoms with van der Waals surface area (Å²) in [4.78, 5) is 4.42. The molecule has 1 saturated heterocycles. The number of hydrogen-bond acceptors (Lipinski definition) is 4. The zero-order valence-electron chi connectivity index (χ0n) is 10.6. The second kappa shape index (κ2) is 5.67. The minimum absolute atomic E-state index is 0.329. The van der Waals surface area contributed by atoms with Gasteiger partial charge in [-0.25, -0.2) is 13.4 Å². The molecular formula is C12H19N3O2S. The van der Waals surface area contributed by atoms with Gasteiger partial charge in [0.15, 0.2) is 0 Å². The minimum Gasteiger partial charge on any atom is -0.370 e. The Hall–Kier alpha value is -1.14. The molecule has 0 radical (unpaired) electrons. The third-order valence-corrected chi connectivity index (χ3v) is 4.94. The quantitative estimate of drug-likeness (QED) is 0.903. The van der Waals surface area contributed by atoms with Gasteiger partial charge in [-0.2, -0.15) is 4.31 Å². The van der Waals surface area contributed by atoms with Crippen LogP contribution in [0.1, 0.15) is 26.2 Å². The SMILES string of the molecule is CCNc1cc(S(=O)(=O)N2CCCCC2)ccn1. The molecule has 1 N–H and O–H groups in total. The topological polar surface area (TPSA) is 62.3 Å². The average Bonchev–Trinajstić information content (AvgIpc) is 2.40. The number of nitrogens with zero attached hydrogens (tertiary/aromatic N) is 2. The van der Waals surface area contributed by atoms with Crippen LogP contribution in [-0.4, -0.2) is 37.3 Å². The van der Waals surface area contributed by atoms with Crippen LogP contribution in [0.5, 0.6) is 0 Å². The van der Waals surface area contributed by atoms with Crippen molar-refractivity contribution < 1.29 is 8.42 Å². The van der Waals surface area contributed by atoms with Gasteiger partial charge in [0.2, 0.25) is 10.0 Å². The highest BCUT2D eigenvalue weighted by atomic mass is 32.2. The summed E-state index contributed by atoms with van der Waals surface area (Å²) >= 11 is 0. The third kappa shape index (κ3) is 2.81. The lowest BCUT2D eigenvalue weighted by Crippen LogP contribution is -2.35. The van der Waals surface area contributed by atoms with Gasteiger partial charge in [0.25, 0.3) is 0 Å². The number of sulfonamides is 1. The number of piperidine rings is 1. The minimum atomic E-state index is -3.35. The average molecular weight is 269 g/mol. The molecule has 0 unspecified atom stereocenters. The lowest BCUT2D eigenvalue weighted by molar-refractivity contribution is 0.346. The molecule has 1 aromatic rings. The molecule has 0 amide bonds. The summed E-state index contributed by atoms with van der Waals surface area (Å²) < 4.78 is 26.4. The van der Waals surface area contributed by atoms with Gasteiger partial charge in [-0.05, 0) is 25.8 Å². The number of pyridine rings is 1. The van der Waals surface area contributed by atoms with E-state index in [4.69, 9.17) is 0 Å². The van der Waals surface area contributed by atoms with E-state index in [2.05, 4.69) is 10.3 Å². The first-order valence-electron chi connectivity index (χ1n) is 6.34. The van der Waals surface area contributed by atoms with Crippen molar-refractivity contribution in [3.63, 3.8) is 0 Å². The molecule has 0 aliphatic carbocycles. The fourth-order valence-corrected chi connectivity index (χ4v) is 3.63. The van der Waals surface area contributed by atoms with Gasteiger partial charge in [-0.1, -0.05) is 6.42 Å². The smallest absolute Gasteiger partial charge is 0.243 e. The van der Waals surface area contributed by atoms with E-state index in [1.807, 2.05) is 6.92 Å². The monoisotopic (exact) mass is 269 g/mol. The molecule has 1 fully saturated rings. The summed E-state index contributed by atoms with van der Waals surface area (Å²) in [5.74, 6) is 0.607. The number of anilines is 1. The van der Waals surface area contributed by atoms with Gasteiger partial charge in [0, 0.05) is 31.9 Å². The lowest BCUT2D eigenvalue weighted by atomic mass is 10.2. The molecule has 0 atom stereocenters. The Morgan fingerprint density at radius 1 is 1.33 bits per heavy atom. The van der Waals surface area contributed by atoms with E-state index in [9.17, 15) is 8.42 Å². The zero-order valence-corrected chi connectivity index (χ0v) is 11.4.